The van der Waals surface area contributed by atoms with Crippen molar-refractivity contribution in [1.82, 2.24) is 5.32 Å². The molecule has 0 aromatic heterocycles. The molecule has 0 saturated carbocycles. The Balaban J connectivity index is 2.03. The first kappa shape index (κ1) is 11.8. The predicted octanol–water partition coefficient (Wildman–Crippen LogP) is 2.20. The highest BCUT2D eigenvalue weighted by molar-refractivity contribution is 5.63. The zero-order valence-electron chi connectivity index (χ0n) is 9.82. The Morgan fingerprint density at radius 2 is 1.88 bits per heavy atom. The minimum absolute atomic E-state index is 0.679. The number of benzene rings is 2. The summed E-state index contributed by atoms with van der Waals surface area (Å²) in [6.45, 7) is 2.41. The second-order valence-corrected chi connectivity index (χ2v) is 3.95. The molecular weight excluding hydrogens is 208 g/mol. The third-order valence-corrected chi connectivity index (χ3v) is 2.64. The third-order valence-electron chi connectivity index (χ3n) is 2.64. The summed E-state index contributed by atoms with van der Waals surface area (Å²) in [5, 5.41) is 3.28. The van der Waals surface area contributed by atoms with E-state index in [2.05, 4.69) is 41.7 Å². The van der Waals surface area contributed by atoms with E-state index in [1.165, 1.54) is 16.7 Å². The summed E-state index contributed by atoms with van der Waals surface area (Å²) in [7, 11) is 0. The maximum atomic E-state index is 5.43. The number of nitrogens with two attached hydrogens (primary N) is 1. The molecule has 0 bridgehead atoms. The molecule has 3 N–H and O–H groups in total. The molecule has 0 unspecified atom stereocenters. The first-order chi connectivity index (χ1) is 8.40. The van der Waals surface area contributed by atoms with Crippen LogP contribution in [0.25, 0.3) is 11.1 Å². The molecule has 2 rings (SSSR count). The third kappa shape index (κ3) is 3.41. The monoisotopic (exact) mass is 225 g/mol. The van der Waals surface area contributed by atoms with Crippen molar-refractivity contribution in [3.63, 3.8) is 0 Å². The highest BCUT2D eigenvalue weighted by Crippen LogP contribution is 2.18. The molecule has 0 atom stereocenters. The van der Waals surface area contributed by atoms with Crippen LogP contribution in [0.4, 0.5) is 0 Å². The van der Waals surface area contributed by atoms with Gasteiger partial charge in [-0.2, -0.15) is 0 Å². The van der Waals surface area contributed by atoms with Crippen molar-refractivity contribution in [2.75, 3.05) is 13.1 Å². The summed E-state index contributed by atoms with van der Waals surface area (Å²) < 4.78 is 0. The molecule has 2 heteroatoms. The van der Waals surface area contributed by atoms with E-state index in [4.69, 9.17) is 5.73 Å². The van der Waals surface area contributed by atoms with E-state index in [9.17, 15) is 0 Å². The van der Waals surface area contributed by atoms with Crippen molar-refractivity contribution >= 4 is 0 Å². The van der Waals surface area contributed by atoms with Crippen LogP contribution < -0.4 is 11.1 Å². The van der Waals surface area contributed by atoms with Gasteiger partial charge in [0.05, 0.1) is 0 Å². The van der Waals surface area contributed by atoms with Crippen molar-refractivity contribution in [2.24, 2.45) is 5.73 Å². The Hall–Kier alpha value is -1.64. The summed E-state index contributed by atoms with van der Waals surface area (Å²) in [6.07, 6.45) is 0. The largest absolute Gasteiger partial charge is 0.329 e. The molecule has 17 heavy (non-hydrogen) atoms. The fourth-order valence-corrected chi connectivity index (χ4v) is 1.72. The van der Waals surface area contributed by atoms with Crippen LogP contribution in [0.15, 0.2) is 48.5 Å². The average molecular weight is 225 g/mol. The Bertz CT molecular complexity index is 434. The minimum Gasteiger partial charge on any atom is -0.329 e. The lowest BCUT2D eigenvalue weighted by molar-refractivity contribution is 0.695. The molecule has 0 saturated heterocycles. The van der Waals surface area contributed by atoms with Crippen molar-refractivity contribution in [2.45, 2.75) is 6.54 Å². The molecule has 0 spiro atoms. The van der Waals surface area contributed by atoms with Crippen molar-refractivity contribution in [3.8, 4) is 11.1 Å². The van der Waals surface area contributed by atoms with E-state index in [0.717, 1.165) is 13.1 Å². The molecule has 2 nitrogen and oxygen atoms in total. The molecule has 0 fully saturated rings. The minimum atomic E-state index is 0.679. The van der Waals surface area contributed by atoms with Gasteiger partial charge < -0.3 is 11.1 Å². The van der Waals surface area contributed by atoms with Crippen molar-refractivity contribution in [1.29, 1.82) is 0 Å². The molecule has 1 radical (unpaired) electrons. The second kappa shape index (κ2) is 6.18. The Kier molecular flexibility index (Phi) is 4.30. The van der Waals surface area contributed by atoms with Crippen LogP contribution in [0.3, 0.4) is 0 Å². The maximum absolute atomic E-state index is 5.43. The SMILES string of the molecule is NCCNCc1ccc(-c2c[c]ccc2)cc1. The summed E-state index contributed by atoms with van der Waals surface area (Å²) >= 11 is 0. The van der Waals surface area contributed by atoms with Gasteiger partial charge in [0.1, 0.15) is 0 Å². The van der Waals surface area contributed by atoms with E-state index >= 15 is 0 Å². The van der Waals surface area contributed by atoms with Crippen LogP contribution in [0.1, 0.15) is 5.56 Å². The van der Waals surface area contributed by atoms with E-state index < -0.39 is 0 Å². The topological polar surface area (TPSA) is 38.0 Å². The Morgan fingerprint density at radius 1 is 1.06 bits per heavy atom. The highest BCUT2D eigenvalue weighted by atomic mass is 14.9. The quantitative estimate of drug-likeness (QED) is 0.766. The first-order valence-electron chi connectivity index (χ1n) is 5.86. The van der Waals surface area contributed by atoms with Crippen LogP contribution in [-0.4, -0.2) is 13.1 Å². The van der Waals surface area contributed by atoms with Gasteiger partial charge in [-0.3, -0.25) is 0 Å². The van der Waals surface area contributed by atoms with Crippen LogP contribution in [-0.2, 0) is 6.54 Å². The predicted molar refractivity (Wildman–Crippen MR) is 71.5 cm³/mol. The van der Waals surface area contributed by atoms with Gasteiger partial charge in [-0.1, -0.05) is 42.5 Å². The smallest absolute Gasteiger partial charge is 0.0206 e. The maximum Gasteiger partial charge on any atom is 0.0206 e. The van der Waals surface area contributed by atoms with Crippen LogP contribution >= 0.6 is 0 Å². The standard InChI is InChI=1S/C15H17N2/c16-10-11-17-12-13-6-8-15(9-7-13)14-4-2-1-3-5-14/h1-2,4-9,17H,10-12,16H2. The Labute approximate surface area is 102 Å². The van der Waals surface area contributed by atoms with Crippen LogP contribution in [0, 0.1) is 6.07 Å². The molecule has 87 valence electrons. The average Bonchev–Trinajstić information content (AvgIpc) is 2.41. The zero-order chi connectivity index (χ0) is 11.9. The van der Waals surface area contributed by atoms with Crippen molar-refractivity contribution in [3.05, 3.63) is 60.2 Å². The number of rotatable bonds is 5. The van der Waals surface area contributed by atoms with E-state index in [0.29, 0.717) is 6.54 Å². The Morgan fingerprint density at radius 3 is 2.53 bits per heavy atom. The van der Waals surface area contributed by atoms with E-state index in [-0.39, 0.29) is 0 Å². The fraction of sp³-hybridized carbons (Fsp3) is 0.200. The number of hydrogen-bond donors (Lipinski definition) is 2. The lowest BCUT2D eigenvalue weighted by atomic mass is 10.0. The van der Waals surface area contributed by atoms with E-state index in [1.54, 1.807) is 0 Å². The van der Waals surface area contributed by atoms with Gasteiger partial charge in [0.25, 0.3) is 0 Å². The second-order valence-electron chi connectivity index (χ2n) is 3.95. The molecule has 0 amide bonds. The van der Waals surface area contributed by atoms with Gasteiger partial charge in [0.15, 0.2) is 0 Å². The highest BCUT2D eigenvalue weighted by Gasteiger charge is 1.97. The van der Waals surface area contributed by atoms with Gasteiger partial charge in [-0.05, 0) is 28.8 Å². The molecule has 2 aromatic carbocycles. The first-order valence-corrected chi connectivity index (χ1v) is 5.86. The van der Waals surface area contributed by atoms with Gasteiger partial charge >= 0.3 is 0 Å². The number of hydrogen-bond acceptors (Lipinski definition) is 2. The molecule has 2 aromatic rings. The van der Waals surface area contributed by atoms with Crippen LogP contribution in [0.2, 0.25) is 0 Å². The summed E-state index contributed by atoms with van der Waals surface area (Å²) in [5.74, 6) is 0. The van der Waals surface area contributed by atoms with E-state index in [1.807, 2.05) is 18.2 Å². The molecule has 0 aliphatic rings. The lowest BCUT2D eigenvalue weighted by Crippen LogP contribution is -2.21. The van der Waals surface area contributed by atoms with Gasteiger partial charge in [0, 0.05) is 19.6 Å². The van der Waals surface area contributed by atoms with Gasteiger partial charge in [-0.25, -0.2) is 0 Å². The van der Waals surface area contributed by atoms with Gasteiger partial charge in [-0.15, -0.1) is 0 Å². The summed E-state index contributed by atoms with van der Waals surface area (Å²) in [4.78, 5) is 0. The summed E-state index contributed by atoms with van der Waals surface area (Å²) in [5.41, 5.74) is 9.14. The number of nitrogens with one attached hydrogen (secondary N) is 1. The van der Waals surface area contributed by atoms with Crippen molar-refractivity contribution < 1.29 is 0 Å². The fourth-order valence-electron chi connectivity index (χ4n) is 1.72. The molecule has 0 aliphatic carbocycles. The zero-order valence-corrected chi connectivity index (χ0v) is 9.82. The molecule has 0 heterocycles. The summed E-state index contributed by atoms with van der Waals surface area (Å²) in [6, 6.07) is 19.7. The molecular formula is C15H17N2. The van der Waals surface area contributed by atoms with Crippen LogP contribution in [0.5, 0.6) is 0 Å². The normalized spacial score (nSPS) is 10.4. The van der Waals surface area contributed by atoms with Gasteiger partial charge in [0.2, 0.25) is 0 Å². The lowest BCUT2D eigenvalue weighted by Gasteiger charge is -2.05. The molecule has 0 aliphatic heterocycles.